The quantitative estimate of drug-likeness (QED) is 0.615. The Morgan fingerprint density at radius 1 is 1.15 bits per heavy atom. The minimum absolute atomic E-state index is 0.0867. The Kier molecular flexibility index (Phi) is 3.04. The van der Waals surface area contributed by atoms with Crippen molar-refractivity contribution in [2.75, 3.05) is 19.6 Å². The van der Waals surface area contributed by atoms with Gasteiger partial charge in [-0.3, -0.25) is 0 Å². The number of hydrogen-bond acceptors (Lipinski definition) is 4. The minimum Gasteiger partial charge on any atom is -0.330 e. The van der Waals surface area contributed by atoms with Crippen LogP contribution in [0.15, 0.2) is 10.2 Å². The number of rotatable bonds is 4. The van der Waals surface area contributed by atoms with Crippen LogP contribution in [0.1, 0.15) is 0 Å². The van der Waals surface area contributed by atoms with Crippen molar-refractivity contribution in [2.45, 2.75) is 0 Å². The van der Waals surface area contributed by atoms with Crippen molar-refractivity contribution in [3.8, 4) is 0 Å². The first-order valence-corrected chi connectivity index (χ1v) is 3.86. The van der Waals surface area contributed by atoms with Crippen LogP contribution in [0.3, 0.4) is 0 Å². The van der Waals surface area contributed by atoms with Gasteiger partial charge >= 0.3 is 12.1 Å². The SMILES string of the molecule is NCC(CN)CN1C(=O)N=NC1=O. The molecule has 4 amide bonds. The molecule has 1 aliphatic heterocycles. The number of carbonyl (C=O) groups is 2. The van der Waals surface area contributed by atoms with Gasteiger partial charge in [-0.05, 0) is 13.1 Å². The highest BCUT2D eigenvalue weighted by Crippen LogP contribution is 2.09. The molecular weight excluding hydrogens is 174 g/mol. The van der Waals surface area contributed by atoms with E-state index >= 15 is 0 Å². The van der Waals surface area contributed by atoms with Gasteiger partial charge in [0.2, 0.25) is 0 Å². The topological polar surface area (TPSA) is 114 Å². The van der Waals surface area contributed by atoms with Crippen molar-refractivity contribution in [1.29, 1.82) is 0 Å². The third kappa shape index (κ3) is 2.07. The van der Waals surface area contributed by atoms with Gasteiger partial charge < -0.3 is 11.5 Å². The molecule has 0 fully saturated rings. The summed E-state index contributed by atoms with van der Waals surface area (Å²) in [7, 11) is 0. The van der Waals surface area contributed by atoms with E-state index < -0.39 is 12.1 Å². The molecule has 0 aromatic rings. The maximum absolute atomic E-state index is 10.9. The summed E-state index contributed by atoms with van der Waals surface area (Å²) >= 11 is 0. The Bertz CT molecular complexity index is 229. The molecule has 0 spiro atoms. The van der Waals surface area contributed by atoms with Crippen molar-refractivity contribution in [1.82, 2.24) is 4.90 Å². The van der Waals surface area contributed by atoms with E-state index in [0.717, 1.165) is 4.90 Å². The first kappa shape index (κ1) is 9.75. The second-order valence-corrected chi connectivity index (χ2v) is 2.71. The molecule has 0 aliphatic carbocycles. The van der Waals surface area contributed by atoms with Crippen molar-refractivity contribution in [2.24, 2.45) is 27.6 Å². The third-order valence-electron chi connectivity index (χ3n) is 1.79. The van der Waals surface area contributed by atoms with Gasteiger partial charge in [-0.25, -0.2) is 14.5 Å². The fraction of sp³-hybridized carbons (Fsp3) is 0.667. The van der Waals surface area contributed by atoms with Crippen LogP contribution in [0.2, 0.25) is 0 Å². The van der Waals surface area contributed by atoms with Gasteiger partial charge in [-0.1, -0.05) is 10.2 Å². The van der Waals surface area contributed by atoms with Crippen molar-refractivity contribution >= 4 is 12.1 Å². The monoisotopic (exact) mass is 185 g/mol. The number of imide groups is 1. The fourth-order valence-electron chi connectivity index (χ4n) is 0.935. The molecule has 13 heavy (non-hydrogen) atoms. The summed E-state index contributed by atoms with van der Waals surface area (Å²) in [5.74, 6) is -0.0867. The average molecular weight is 185 g/mol. The van der Waals surface area contributed by atoms with Crippen LogP contribution < -0.4 is 11.5 Å². The van der Waals surface area contributed by atoms with Crippen LogP contribution in [-0.4, -0.2) is 36.6 Å². The Morgan fingerprint density at radius 2 is 1.62 bits per heavy atom. The summed E-state index contributed by atoms with van der Waals surface area (Å²) < 4.78 is 0. The summed E-state index contributed by atoms with van der Waals surface area (Å²) in [4.78, 5) is 22.8. The predicted molar refractivity (Wildman–Crippen MR) is 44.0 cm³/mol. The number of amides is 4. The third-order valence-corrected chi connectivity index (χ3v) is 1.79. The molecule has 0 saturated heterocycles. The van der Waals surface area contributed by atoms with Crippen LogP contribution in [0.25, 0.3) is 0 Å². The van der Waals surface area contributed by atoms with Crippen LogP contribution in [-0.2, 0) is 0 Å². The second kappa shape index (κ2) is 4.06. The molecule has 0 aromatic carbocycles. The molecule has 0 atom stereocenters. The van der Waals surface area contributed by atoms with E-state index in [4.69, 9.17) is 11.5 Å². The maximum atomic E-state index is 10.9. The first-order chi connectivity index (χ1) is 6.19. The number of nitrogens with zero attached hydrogens (tertiary/aromatic N) is 3. The molecule has 1 rings (SSSR count). The molecule has 7 heteroatoms. The summed E-state index contributed by atoms with van der Waals surface area (Å²) in [5.41, 5.74) is 10.7. The van der Waals surface area contributed by atoms with Crippen molar-refractivity contribution < 1.29 is 9.59 Å². The Morgan fingerprint density at radius 3 is 2.00 bits per heavy atom. The zero-order valence-corrected chi connectivity index (χ0v) is 7.01. The van der Waals surface area contributed by atoms with E-state index in [1.54, 1.807) is 0 Å². The van der Waals surface area contributed by atoms with E-state index in [1.165, 1.54) is 0 Å². The molecule has 0 saturated carbocycles. The molecule has 72 valence electrons. The van der Waals surface area contributed by atoms with E-state index in [2.05, 4.69) is 10.2 Å². The fourth-order valence-corrected chi connectivity index (χ4v) is 0.935. The lowest BCUT2D eigenvalue weighted by Crippen LogP contribution is -2.39. The zero-order chi connectivity index (χ0) is 9.84. The highest BCUT2D eigenvalue weighted by molar-refractivity contribution is 5.98. The Labute approximate surface area is 74.8 Å². The molecule has 0 radical (unpaired) electrons. The first-order valence-electron chi connectivity index (χ1n) is 3.86. The summed E-state index contributed by atoms with van der Waals surface area (Å²) in [6.45, 7) is 0.846. The van der Waals surface area contributed by atoms with Gasteiger partial charge in [0.1, 0.15) is 0 Å². The Hall–Kier alpha value is -1.34. The van der Waals surface area contributed by atoms with Gasteiger partial charge in [0, 0.05) is 12.5 Å². The lowest BCUT2D eigenvalue weighted by atomic mass is 10.1. The van der Waals surface area contributed by atoms with Crippen LogP contribution in [0.4, 0.5) is 9.59 Å². The molecule has 0 unspecified atom stereocenters. The normalized spacial score (nSPS) is 16.4. The van der Waals surface area contributed by atoms with E-state index in [0.29, 0.717) is 13.1 Å². The second-order valence-electron chi connectivity index (χ2n) is 2.71. The van der Waals surface area contributed by atoms with Crippen LogP contribution in [0, 0.1) is 5.92 Å². The average Bonchev–Trinajstić information content (AvgIpc) is 2.44. The lowest BCUT2D eigenvalue weighted by Gasteiger charge is -2.16. The van der Waals surface area contributed by atoms with E-state index in [-0.39, 0.29) is 12.5 Å². The summed E-state index contributed by atoms with van der Waals surface area (Å²) in [6, 6.07) is -1.28. The summed E-state index contributed by atoms with van der Waals surface area (Å²) in [5, 5.41) is 6.20. The Balaban J connectivity index is 2.53. The van der Waals surface area contributed by atoms with Crippen molar-refractivity contribution in [3.05, 3.63) is 0 Å². The highest BCUT2D eigenvalue weighted by Gasteiger charge is 2.28. The number of hydrogen-bond donors (Lipinski definition) is 2. The molecule has 7 nitrogen and oxygen atoms in total. The number of nitrogens with two attached hydrogens (primary N) is 2. The smallest absolute Gasteiger partial charge is 0.330 e. The van der Waals surface area contributed by atoms with Gasteiger partial charge in [0.15, 0.2) is 0 Å². The molecule has 0 bridgehead atoms. The predicted octanol–water partition coefficient (Wildman–Crippen LogP) is -0.472. The molecule has 4 N–H and O–H groups in total. The van der Waals surface area contributed by atoms with E-state index in [1.807, 2.05) is 0 Å². The highest BCUT2D eigenvalue weighted by atomic mass is 16.2. The zero-order valence-electron chi connectivity index (χ0n) is 7.01. The molecule has 1 heterocycles. The van der Waals surface area contributed by atoms with Gasteiger partial charge in [0.25, 0.3) is 0 Å². The van der Waals surface area contributed by atoms with Gasteiger partial charge in [-0.15, -0.1) is 0 Å². The summed E-state index contributed by atoms with van der Waals surface area (Å²) in [6.07, 6.45) is 0. The number of carbonyl (C=O) groups excluding carboxylic acids is 2. The standard InChI is InChI=1S/C6H11N5O2/c7-1-4(2-8)3-11-5(12)9-10-6(11)13/h4H,1-3,7-8H2. The largest absolute Gasteiger partial charge is 0.370 e. The van der Waals surface area contributed by atoms with E-state index in [9.17, 15) is 9.59 Å². The lowest BCUT2D eigenvalue weighted by molar-refractivity contribution is 0.199. The molecule has 1 aliphatic rings. The van der Waals surface area contributed by atoms with Gasteiger partial charge in [0.05, 0.1) is 0 Å². The number of azo groups is 1. The maximum Gasteiger partial charge on any atom is 0.370 e. The molecular formula is C6H11N5O2. The van der Waals surface area contributed by atoms with Crippen LogP contribution in [0.5, 0.6) is 0 Å². The van der Waals surface area contributed by atoms with Gasteiger partial charge in [-0.2, -0.15) is 0 Å². The van der Waals surface area contributed by atoms with Crippen molar-refractivity contribution in [3.63, 3.8) is 0 Å². The number of urea groups is 2. The molecule has 0 aromatic heterocycles. The van der Waals surface area contributed by atoms with Crippen LogP contribution >= 0.6 is 0 Å². The minimum atomic E-state index is -0.642.